The Kier molecular flexibility index (Phi) is 5.17. The molecule has 0 unspecified atom stereocenters. The summed E-state index contributed by atoms with van der Waals surface area (Å²) in [4.78, 5) is 16.5. The van der Waals surface area contributed by atoms with Crippen molar-refractivity contribution in [3.8, 4) is 0 Å². The summed E-state index contributed by atoms with van der Waals surface area (Å²) in [6.07, 6.45) is 7.98. The van der Waals surface area contributed by atoms with Gasteiger partial charge < -0.3 is 10.6 Å². The van der Waals surface area contributed by atoms with Crippen LogP contribution in [0.25, 0.3) is 10.9 Å². The third kappa shape index (κ3) is 3.77. The third-order valence-electron chi connectivity index (χ3n) is 4.75. The third-order valence-corrected chi connectivity index (χ3v) is 4.75. The summed E-state index contributed by atoms with van der Waals surface area (Å²) >= 11 is 0. The normalized spacial score (nSPS) is 16.8. The van der Waals surface area contributed by atoms with Crippen molar-refractivity contribution >= 4 is 28.6 Å². The van der Waals surface area contributed by atoms with Gasteiger partial charge in [-0.15, -0.1) is 0 Å². The summed E-state index contributed by atoms with van der Waals surface area (Å²) in [5.41, 5.74) is 0.844. The van der Waals surface area contributed by atoms with Gasteiger partial charge in [0.15, 0.2) is 5.82 Å². The maximum absolute atomic E-state index is 12.2. The predicted octanol–water partition coefficient (Wildman–Crippen LogP) is 3.48. The summed E-state index contributed by atoms with van der Waals surface area (Å²) < 4.78 is 0. The van der Waals surface area contributed by atoms with Crippen LogP contribution in [0.5, 0.6) is 0 Å². The number of H-pyrrole nitrogens is 1. The lowest BCUT2D eigenvalue weighted by Crippen LogP contribution is -2.41. The van der Waals surface area contributed by atoms with Crippen molar-refractivity contribution in [2.75, 3.05) is 17.2 Å². The first kappa shape index (κ1) is 16.5. The van der Waals surface area contributed by atoms with Crippen molar-refractivity contribution in [3.05, 3.63) is 12.3 Å². The summed E-state index contributed by atoms with van der Waals surface area (Å²) in [6, 6.07) is 1.78. The van der Waals surface area contributed by atoms with E-state index in [9.17, 15) is 4.79 Å². The van der Waals surface area contributed by atoms with Crippen LogP contribution in [0.15, 0.2) is 12.3 Å². The molecule has 1 aliphatic rings. The second-order valence-corrected chi connectivity index (χ2v) is 6.50. The van der Waals surface area contributed by atoms with E-state index in [-0.39, 0.29) is 12.1 Å². The molecule has 1 fully saturated rings. The Morgan fingerprint density at radius 1 is 1.38 bits per heavy atom. The van der Waals surface area contributed by atoms with Crippen molar-refractivity contribution in [3.63, 3.8) is 0 Å². The number of aromatic nitrogens is 3. The predicted molar refractivity (Wildman–Crippen MR) is 96.2 cm³/mol. The molecule has 7 nitrogen and oxygen atoms in total. The molecule has 130 valence electrons. The van der Waals surface area contributed by atoms with Gasteiger partial charge in [-0.05, 0) is 32.6 Å². The van der Waals surface area contributed by atoms with Crippen LogP contribution in [0.1, 0.15) is 46.0 Å². The van der Waals surface area contributed by atoms with Gasteiger partial charge in [-0.1, -0.05) is 19.3 Å². The van der Waals surface area contributed by atoms with Gasteiger partial charge in [0.05, 0.1) is 10.9 Å². The molecule has 0 radical (unpaired) electrons. The zero-order valence-electron chi connectivity index (χ0n) is 14.4. The van der Waals surface area contributed by atoms with Crippen LogP contribution in [-0.2, 0) is 0 Å². The maximum Gasteiger partial charge on any atom is 0.320 e. The van der Waals surface area contributed by atoms with Crippen molar-refractivity contribution in [1.29, 1.82) is 0 Å². The first-order chi connectivity index (χ1) is 11.7. The first-order valence-electron chi connectivity index (χ1n) is 8.83. The number of anilines is 2. The zero-order chi connectivity index (χ0) is 16.9. The molecule has 0 saturated heterocycles. The molecule has 2 aromatic heterocycles. The summed E-state index contributed by atoms with van der Waals surface area (Å²) in [5, 5.41) is 17.1. The summed E-state index contributed by atoms with van der Waals surface area (Å²) in [7, 11) is 0. The lowest BCUT2D eigenvalue weighted by Gasteiger charge is -2.28. The molecular weight excluding hydrogens is 304 g/mol. The Balaban J connectivity index is 1.60. The number of hydrogen-bond acceptors (Lipinski definition) is 4. The molecule has 2 aromatic rings. The molecule has 0 bridgehead atoms. The number of amides is 2. The van der Waals surface area contributed by atoms with E-state index in [1.165, 1.54) is 32.1 Å². The average molecular weight is 330 g/mol. The van der Waals surface area contributed by atoms with Gasteiger partial charge in [0.1, 0.15) is 5.82 Å². The fourth-order valence-electron chi connectivity index (χ4n) is 3.39. The molecule has 0 aromatic carbocycles. The Morgan fingerprint density at radius 3 is 2.92 bits per heavy atom. The van der Waals surface area contributed by atoms with E-state index >= 15 is 0 Å². The van der Waals surface area contributed by atoms with E-state index in [0.29, 0.717) is 11.7 Å². The van der Waals surface area contributed by atoms with E-state index in [1.54, 1.807) is 12.3 Å². The number of rotatable bonds is 5. The Hall–Kier alpha value is -2.31. The van der Waals surface area contributed by atoms with Gasteiger partial charge >= 0.3 is 6.03 Å². The number of carbonyl (C=O) groups is 1. The lowest BCUT2D eigenvalue weighted by molar-refractivity contribution is 0.235. The molecule has 1 atom stereocenters. The topological polar surface area (TPSA) is 94.7 Å². The highest BCUT2D eigenvalue weighted by Gasteiger charge is 2.21. The number of aromatic amines is 1. The van der Waals surface area contributed by atoms with Gasteiger partial charge in [-0.3, -0.25) is 10.4 Å². The van der Waals surface area contributed by atoms with E-state index in [0.717, 1.165) is 23.3 Å². The van der Waals surface area contributed by atoms with Gasteiger partial charge in [0.2, 0.25) is 0 Å². The van der Waals surface area contributed by atoms with Gasteiger partial charge in [0.25, 0.3) is 0 Å². The molecule has 2 amide bonds. The molecule has 2 heterocycles. The maximum atomic E-state index is 12.2. The smallest absolute Gasteiger partial charge is 0.320 e. The number of carbonyl (C=O) groups excluding carboxylic acids is 1. The SMILES string of the molecule is CCNc1n[nH]c2cc(NC(=O)N[C@H](C)C3CCCCC3)ncc12. The van der Waals surface area contributed by atoms with Crippen LogP contribution in [0.4, 0.5) is 16.4 Å². The van der Waals surface area contributed by atoms with Crippen LogP contribution in [0, 0.1) is 5.92 Å². The van der Waals surface area contributed by atoms with E-state index in [2.05, 4.69) is 38.1 Å². The van der Waals surface area contributed by atoms with Crippen molar-refractivity contribution in [2.24, 2.45) is 5.92 Å². The molecular formula is C17H26N6O. The molecule has 4 N–H and O–H groups in total. The first-order valence-corrected chi connectivity index (χ1v) is 8.83. The standard InChI is InChI=1S/C17H26N6O/c1-3-18-16-13-10-19-15(9-14(13)22-23-16)21-17(24)20-11(2)12-7-5-4-6-8-12/h9-12H,3-8H2,1-2H3,(H2,18,22,23)(H2,19,20,21,24)/t11-/m1/s1. The highest BCUT2D eigenvalue weighted by atomic mass is 16.2. The van der Waals surface area contributed by atoms with Crippen LogP contribution >= 0.6 is 0 Å². The van der Waals surface area contributed by atoms with Crippen LogP contribution in [-0.4, -0.2) is 33.8 Å². The molecule has 7 heteroatoms. The second-order valence-electron chi connectivity index (χ2n) is 6.50. The number of nitrogens with one attached hydrogen (secondary N) is 4. The molecule has 0 aliphatic heterocycles. The van der Waals surface area contributed by atoms with Crippen LogP contribution in [0.2, 0.25) is 0 Å². The van der Waals surface area contributed by atoms with Crippen LogP contribution in [0.3, 0.4) is 0 Å². The fourth-order valence-corrected chi connectivity index (χ4v) is 3.39. The Bertz CT molecular complexity index is 691. The van der Waals surface area contributed by atoms with E-state index < -0.39 is 0 Å². The molecule has 1 saturated carbocycles. The van der Waals surface area contributed by atoms with Crippen molar-refractivity contribution in [1.82, 2.24) is 20.5 Å². The highest BCUT2D eigenvalue weighted by Crippen LogP contribution is 2.26. The average Bonchev–Trinajstić information content (AvgIpc) is 2.98. The van der Waals surface area contributed by atoms with Crippen molar-refractivity contribution in [2.45, 2.75) is 52.0 Å². The minimum atomic E-state index is -0.202. The highest BCUT2D eigenvalue weighted by molar-refractivity contribution is 5.94. The summed E-state index contributed by atoms with van der Waals surface area (Å²) in [5.74, 6) is 1.87. The molecule has 3 rings (SSSR count). The monoisotopic (exact) mass is 330 g/mol. The second kappa shape index (κ2) is 7.51. The largest absolute Gasteiger partial charge is 0.368 e. The molecule has 0 spiro atoms. The Morgan fingerprint density at radius 2 is 2.17 bits per heavy atom. The van der Waals surface area contributed by atoms with Gasteiger partial charge in [-0.25, -0.2) is 9.78 Å². The van der Waals surface area contributed by atoms with E-state index in [1.807, 2.05) is 6.92 Å². The summed E-state index contributed by atoms with van der Waals surface area (Å²) in [6.45, 7) is 4.90. The zero-order valence-corrected chi connectivity index (χ0v) is 14.4. The van der Waals surface area contributed by atoms with Gasteiger partial charge in [-0.2, -0.15) is 5.10 Å². The fraction of sp³-hybridized carbons (Fsp3) is 0.588. The van der Waals surface area contributed by atoms with Crippen LogP contribution < -0.4 is 16.0 Å². The number of nitrogens with zero attached hydrogens (tertiary/aromatic N) is 2. The number of fused-ring (bicyclic) bond motifs is 1. The van der Waals surface area contributed by atoms with Gasteiger partial charge in [0, 0.05) is 24.8 Å². The van der Waals surface area contributed by atoms with E-state index in [4.69, 9.17) is 0 Å². The Labute approximate surface area is 142 Å². The number of pyridine rings is 1. The minimum absolute atomic E-state index is 0.182. The van der Waals surface area contributed by atoms with Crippen molar-refractivity contribution < 1.29 is 4.79 Å². The molecule has 1 aliphatic carbocycles. The number of hydrogen-bond donors (Lipinski definition) is 4. The number of urea groups is 1. The quantitative estimate of drug-likeness (QED) is 0.675. The molecule has 24 heavy (non-hydrogen) atoms. The minimum Gasteiger partial charge on any atom is -0.368 e. The lowest BCUT2D eigenvalue weighted by atomic mass is 9.85.